The summed E-state index contributed by atoms with van der Waals surface area (Å²) in [4.78, 5) is 10.8. The molecule has 0 aliphatic heterocycles. The maximum Gasteiger partial charge on any atom is 0.329 e. The first kappa shape index (κ1) is 16.9. The van der Waals surface area contributed by atoms with Gasteiger partial charge in [0.1, 0.15) is 6.61 Å². The van der Waals surface area contributed by atoms with E-state index in [0.29, 0.717) is 12.8 Å². The molecule has 0 aromatic heterocycles. The molecule has 0 saturated heterocycles. The highest BCUT2D eigenvalue weighted by Crippen LogP contribution is 2.23. The van der Waals surface area contributed by atoms with Gasteiger partial charge in [-0.15, -0.1) is 0 Å². The van der Waals surface area contributed by atoms with E-state index in [4.69, 9.17) is 9.84 Å². The highest BCUT2D eigenvalue weighted by molar-refractivity contribution is 7.89. The molecule has 122 valence electrons. The van der Waals surface area contributed by atoms with E-state index in [1.165, 1.54) is 0 Å². The smallest absolute Gasteiger partial charge is 0.329 e. The maximum atomic E-state index is 12.4. The van der Waals surface area contributed by atoms with Crippen LogP contribution in [0.3, 0.4) is 0 Å². The van der Waals surface area contributed by atoms with E-state index in [-0.39, 0.29) is 10.9 Å². The Morgan fingerprint density at radius 3 is 2.55 bits per heavy atom. The second-order valence-corrected chi connectivity index (χ2v) is 7.28. The molecule has 7 heteroatoms. The Bertz CT molecular complexity index is 611. The summed E-state index contributed by atoms with van der Waals surface area (Å²) in [5.74, 6) is -1.05. The first-order valence-electron chi connectivity index (χ1n) is 7.31. The van der Waals surface area contributed by atoms with Gasteiger partial charge < -0.3 is 9.84 Å². The Kier molecular flexibility index (Phi) is 5.55. The van der Waals surface area contributed by atoms with Crippen molar-refractivity contribution in [3.8, 4) is 0 Å². The maximum absolute atomic E-state index is 12.4. The van der Waals surface area contributed by atoms with Gasteiger partial charge in [0, 0.05) is 6.04 Å². The lowest BCUT2D eigenvalue weighted by molar-refractivity contribution is -0.145. The lowest BCUT2D eigenvalue weighted by Gasteiger charge is -2.31. The van der Waals surface area contributed by atoms with Gasteiger partial charge in [0.25, 0.3) is 0 Å². The molecular weight excluding hydrogens is 306 g/mol. The Balaban J connectivity index is 2.08. The van der Waals surface area contributed by atoms with Crippen LogP contribution in [0.5, 0.6) is 0 Å². The number of aryl methyl sites for hydroxylation is 1. The van der Waals surface area contributed by atoms with Gasteiger partial charge in [-0.3, -0.25) is 0 Å². The van der Waals surface area contributed by atoms with Crippen molar-refractivity contribution in [2.75, 3.05) is 6.61 Å². The van der Waals surface area contributed by atoms with Gasteiger partial charge in [0.05, 0.1) is 11.0 Å². The molecule has 1 saturated carbocycles. The van der Waals surface area contributed by atoms with Gasteiger partial charge in [0.2, 0.25) is 10.0 Å². The first-order valence-corrected chi connectivity index (χ1v) is 8.79. The highest BCUT2D eigenvalue weighted by Gasteiger charge is 2.30. The number of sulfonamides is 1. The number of carboxylic acids is 1. The van der Waals surface area contributed by atoms with Crippen LogP contribution in [0.25, 0.3) is 0 Å². The van der Waals surface area contributed by atoms with Gasteiger partial charge in [-0.25, -0.2) is 17.9 Å². The summed E-state index contributed by atoms with van der Waals surface area (Å²) >= 11 is 0. The van der Waals surface area contributed by atoms with Crippen molar-refractivity contribution < 1.29 is 23.1 Å². The predicted molar refractivity (Wildman–Crippen MR) is 81.1 cm³/mol. The van der Waals surface area contributed by atoms with Crippen molar-refractivity contribution in [2.24, 2.45) is 0 Å². The van der Waals surface area contributed by atoms with Gasteiger partial charge in [0.15, 0.2) is 0 Å². The van der Waals surface area contributed by atoms with E-state index in [1.807, 2.05) is 6.92 Å². The van der Waals surface area contributed by atoms with Crippen molar-refractivity contribution in [3.05, 3.63) is 29.8 Å². The summed E-state index contributed by atoms with van der Waals surface area (Å²) in [5, 5.41) is 8.70. The third-order valence-electron chi connectivity index (χ3n) is 3.76. The minimum absolute atomic E-state index is 0.209. The molecule has 2 atom stereocenters. The number of rotatable bonds is 6. The summed E-state index contributed by atoms with van der Waals surface area (Å²) in [6.45, 7) is 1.48. The molecule has 6 nitrogen and oxygen atoms in total. The third-order valence-corrected chi connectivity index (χ3v) is 5.27. The molecule has 2 N–H and O–H groups in total. The lowest BCUT2D eigenvalue weighted by atomic mass is 9.93. The summed E-state index contributed by atoms with van der Waals surface area (Å²) in [5.41, 5.74) is 0.985. The van der Waals surface area contributed by atoms with Crippen LogP contribution in [0.15, 0.2) is 29.2 Å². The average Bonchev–Trinajstić information content (AvgIpc) is 2.46. The van der Waals surface area contributed by atoms with Crippen molar-refractivity contribution in [2.45, 2.75) is 49.6 Å². The number of hydrogen-bond acceptors (Lipinski definition) is 4. The van der Waals surface area contributed by atoms with E-state index in [0.717, 1.165) is 18.4 Å². The molecule has 1 aliphatic carbocycles. The fourth-order valence-corrected chi connectivity index (χ4v) is 3.89. The molecule has 22 heavy (non-hydrogen) atoms. The second kappa shape index (κ2) is 7.21. The van der Waals surface area contributed by atoms with Crippen LogP contribution < -0.4 is 4.72 Å². The van der Waals surface area contributed by atoms with E-state index >= 15 is 0 Å². The van der Waals surface area contributed by atoms with Crippen molar-refractivity contribution in [1.29, 1.82) is 0 Å². The van der Waals surface area contributed by atoms with Gasteiger partial charge in [-0.1, -0.05) is 30.5 Å². The number of carboxylic acid groups (broad SMARTS) is 1. The fourth-order valence-electron chi connectivity index (χ4n) is 2.59. The first-order chi connectivity index (χ1) is 10.4. The molecule has 0 radical (unpaired) electrons. The van der Waals surface area contributed by atoms with Crippen LogP contribution in [0.2, 0.25) is 0 Å². The Morgan fingerprint density at radius 2 is 1.91 bits per heavy atom. The number of nitrogens with one attached hydrogen (secondary N) is 1. The Labute approximate surface area is 130 Å². The molecule has 1 fully saturated rings. The van der Waals surface area contributed by atoms with Crippen LogP contribution in [0, 0.1) is 6.92 Å². The number of carbonyl (C=O) groups is 1. The zero-order valence-electron chi connectivity index (χ0n) is 12.5. The lowest BCUT2D eigenvalue weighted by Crippen LogP contribution is -2.46. The standard InChI is InChI=1S/C15H21NO5S/c1-11-6-8-12(9-7-11)22(19,20)16-13-4-2-3-5-14(13)21-10-15(17)18/h6-9,13-14,16H,2-5,10H2,1H3,(H,17,18)/t13-,14-/m1/s1. The van der Waals surface area contributed by atoms with Gasteiger partial charge >= 0.3 is 5.97 Å². The molecule has 0 heterocycles. The summed E-state index contributed by atoms with van der Waals surface area (Å²) < 4.78 is 32.8. The zero-order chi connectivity index (χ0) is 16.2. The fraction of sp³-hybridized carbons (Fsp3) is 0.533. The number of ether oxygens (including phenoxy) is 1. The summed E-state index contributed by atoms with van der Waals surface area (Å²) in [7, 11) is -3.63. The molecule has 0 amide bonds. The monoisotopic (exact) mass is 327 g/mol. The molecule has 1 aromatic carbocycles. The molecule has 2 rings (SSSR count). The average molecular weight is 327 g/mol. The molecule has 0 unspecified atom stereocenters. The van der Waals surface area contributed by atoms with Crippen molar-refractivity contribution in [1.82, 2.24) is 4.72 Å². The van der Waals surface area contributed by atoms with Crippen LogP contribution in [-0.4, -0.2) is 38.2 Å². The van der Waals surface area contributed by atoms with Crippen LogP contribution >= 0.6 is 0 Å². The Morgan fingerprint density at radius 1 is 1.27 bits per heavy atom. The van der Waals surface area contributed by atoms with Crippen molar-refractivity contribution in [3.63, 3.8) is 0 Å². The zero-order valence-corrected chi connectivity index (χ0v) is 13.3. The number of aliphatic carboxylic acids is 1. The van der Waals surface area contributed by atoms with Crippen LogP contribution in [0.1, 0.15) is 31.2 Å². The van der Waals surface area contributed by atoms with Crippen LogP contribution in [0.4, 0.5) is 0 Å². The van der Waals surface area contributed by atoms with Gasteiger partial charge in [-0.2, -0.15) is 0 Å². The highest BCUT2D eigenvalue weighted by atomic mass is 32.2. The number of hydrogen-bond donors (Lipinski definition) is 2. The number of benzene rings is 1. The van der Waals surface area contributed by atoms with E-state index < -0.39 is 28.7 Å². The minimum Gasteiger partial charge on any atom is -0.480 e. The van der Waals surface area contributed by atoms with E-state index in [9.17, 15) is 13.2 Å². The quantitative estimate of drug-likeness (QED) is 0.829. The molecule has 0 bridgehead atoms. The van der Waals surface area contributed by atoms with Crippen LogP contribution in [-0.2, 0) is 19.6 Å². The predicted octanol–water partition coefficient (Wildman–Crippen LogP) is 1.69. The summed E-state index contributed by atoms with van der Waals surface area (Å²) in [6.07, 6.45) is 2.72. The molecule has 1 aliphatic rings. The minimum atomic E-state index is -3.63. The summed E-state index contributed by atoms with van der Waals surface area (Å²) in [6, 6.07) is 6.22. The molecular formula is C15H21NO5S. The van der Waals surface area contributed by atoms with Crippen molar-refractivity contribution >= 4 is 16.0 Å². The normalized spacial score (nSPS) is 22.4. The topological polar surface area (TPSA) is 92.7 Å². The molecule has 1 aromatic rings. The van der Waals surface area contributed by atoms with E-state index in [1.54, 1.807) is 24.3 Å². The third kappa shape index (κ3) is 4.53. The SMILES string of the molecule is Cc1ccc(S(=O)(=O)N[C@@H]2CCCC[C@H]2OCC(=O)O)cc1. The largest absolute Gasteiger partial charge is 0.480 e. The second-order valence-electron chi connectivity index (χ2n) is 5.57. The van der Waals surface area contributed by atoms with E-state index in [2.05, 4.69) is 4.72 Å². The van der Waals surface area contributed by atoms with Gasteiger partial charge in [-0.05, 0) is 31.9 Å². The molecule has 0 spiro atoms. The Hall–Kier alpha value is -1.44.